The number of carbonyl (C=O) groups is 2. The van der Waals surface area contributed by atoms with E-state index >= 15 is 0 Å². The lowest BCUT2D eigenvalue weighted by Crippen LogP contribution is -2.49. The van der Waals surface area contributed by atoms with Crippen molar-refractivity contribution in [3.63, 3.8) is 0 Å². The second-order valence-electron chi connectivity index (χ2n) is 9.36. The smallest absolute Gasteiger partial charge is 0.253 e. The van der Waals surface area contributed by atoms with E-state index in [1.54, 1.807) is 7.11 Å². The standard InChI is InChI=1S/C27H36N4O4/c1-29(20-23-8-11-26(32)28-23)19-21-4-3-5-25(18-21)35-17-16-30-12-14-31(15-13-30)27(33)22-6-9-24(34-2)10-7-22/h3-7,9-10,18,23H,8,11-17,19-20H2,1-2H3,(H,28,32)/t23-/m1/s1. The highest BCUT2D eigenvalue weighted by Crippen LogP contribution is 2.17. The fourth-order valence-electron chi connectivity index (χ4n) is 4.68. The lowest BCUT2D eigenvalue weighted by atomic mass is 10.1. The molecule has 0 radical (unpaired) electrons. The van der Waals surface area contributed by atoms with Crippen molar-refractivity contribution in [3.05, 3.63) is 59.7 Å². The molecule has 8 nitrogen and oxygen atoms in total. The maximum atomic E-state index is 12.7. The summed E-state index contributed by atoms with van der Waals surface area (Å²) in [5.41, 5.74) is 1.89. The number of likely N-dealkylation sites (N-methyl/N-ethyl adjacent to an activating group) is 1. The molecule has 0 aliphatic carbocycles. The molecule has 2 aliphatic heterocycles. The van der Waals surface area contributed by atoms with Gasteiger partial charge >= 0.3 is 0 Å². The minimum atomic E-state index is 0.0700. The van der Waals surface area contributed by atoms with E-state index in [2.05, 4.69) is 34.3 Å². The number of benzene rings is 2. The predicted molar refractivity (Wildman–Crippen MR) is 135 cm³/mol. The minimum Gasteiger partial charge on any atom is -0.497 e. The van der Waals surface area contributed by atoms with E-state index in [9.17, 15) is 9.59 Å². The zero-order valence-electron chi connectivity index (χ0n) is 20.7. The molecule has 2 amide bonds. The van der Waals surface area contributed by atoms with Crippen molar-refractivity contribution in [2.24, 2.45) is 0 Å². The Balaban J connectivity index is 1.16. The second-order valence-corrected chi connectivity index (χ2v) is 9.36. The van der Waals surface area contributed by atoms with Gasteiger partial charge in [-0.3, -0.25) is 14.5 Å². The van der Waals surface area contributed by atoms with Crippen molar-refractivity contribution in [3.8, 4) is 11.5 Å². The van der Waals surface area contributed by atoms with Crippen LogP contribution in [0.4, 0.5) is 0 Å². The Morgan fingerprint density at radius 3 is 2.54 bits per heavy atom. The van der Waals surface area contributed by atoms with Gasteiger partial charge in [0.25, 0.3) is 5.91 Å². The maximum absolute atomic E-state index is 12.7. The number of ether oxygens (including phenoxy) is 2. The number of hydrogen-bond acceptors (Lipinski definition) is 6. The van der Waals surface area contributed by atoms with Gasteiger partial charge in [-0.2, -0.15) is 0 Å². The van der Waals surface area contributed by atoms with Crippen LogP contribution in [0.1, 0.15) is 28.8 Å². The first kappa shape index (κ1) is 25.0. The van der Waals surface area contributed by atoms with Crippen molar-refractivity contribution in [1.82, 2.24) is 20.0 Å². The first-order valence-electron chi connectivity index (χ1n) is 12.4. The predicted octanol–water partition coefficient (Wildman–Crippen LogP) is 2.24. The van der Waals surface area contributed by atoms with E-state index < -0.39 is 0 Å². The second kappa shape index (κ2) is 12.0. The van der Waals surface area contributed by atoms with Gasteiger partial charge in [-0.25, -0.2) is 0 Å². The molecular weight excluding hydrogens is 444 g/mol. The molecule has 2 fully saturated rings. The highest BCUT2D eigenvalue weighted by molar-refractivity contribution is 5.94. The Kier molecular flexibility index (Phi) is 8.60. The fraction of sp³-hybridized carbons (Fsp3) is 0.481. The third kappa shape index (κ3) is 7.19. The summed E-state index contributed by atoms with van der Waals surface area (Å²) < 4.78 is 11.2. The molecule has 0 bridgehead atoms. The normalized spacial score (nSPS) is 18.5. The van der Waals surface area contributed by atoms with E-state index in [0.717, 1.165) is 50.6 Å². The molecule has 0 spiro atoms. The Morgan fingerprint density at radius 2 is 1.86 bits per heavy atom. The van der Waals surface area contributed by atoms with E-state index in [0.29, 0.717) is 31.7 Å². The average Bonchev–Trinajstić information content (AvgIpc) is 3.28. The van der Waals surface area contributed by atoms with Crippen LogP contribution in [0.5, 0.6) is 11.5 Å². The molecular formula is C27H36N4O4. The Hall–Kier alpha value is -3.10. The van der Waals surface area contributed by atoms with E-state index in [1.165, 1.54) is 5.56 Å². The molecule has 2 heterocycles. The molecule has 1 atom stereocenters. The van der Waals surface area contributed by atoms with Crippen molar-refractivity contribution in [2.45, 2.75) is 25.4 Å². The van der Waals surface area contributed by atoms with Crippen LogP contribution in [-0.4, -0.2) is 92.6 Å². The molecule has 2 saturated heterocycles. The maximum Gasteiger partial charge on any atom is 0.253 e. The Labute approximate surface area is 207 Å². The topological polar surface area (TPSA) is 74.4 Å². The summed E-state index contributed by atoms with van der Waals surface area (Å²) in [7, 11) is 3.70. The van der Waals surface area contributed by atoms with Crippen molar-refractivity contribution < 1.29 is 19.1 Å². The van der Waals surface area contributed by atoms with Gasteiger partial charge in [0.2, 0.25) is 5.91 Å². The summed E-state index contributed by atoms with van der Waals surface area (Å²) in [5.74, 6) is 1.85. The van der Waals surface area contributed by atoms with E-state index in [4.69, 9.17) is 9.47 Å². The number of hydrogen-bond donors (Lipinski definition) is 1. The lowest BCUT2D eigenvalue weighted by Gasteiger charge is -2.34. The van der Waals surface area contributed by atoms with E-state index in [1.807, 2.05) is 41.3 Å². The summed E-state index contributed by atoms with van der Waals surface area (Å²) in [5, 5.41) is 3.03. The van der Waals surface area contributed by atoms with Crippen LogP contribution in [0.3, 0.4) is 0 Å². The number of amides is 2. The van der Waals surface area contributed by atoms with Crippen LogP contribution >= 0.6 is 0 Å². The van der Waals surface area contributed by atoms with Gasteiger partial charge < -0.3 is 24.6 Å². The number of nitrogens with one attached hydrogen (secondary N) is 1. The summed E-state index contributed by atoms with van der Waals surface area (Å²) in [6.45, 7) is 6.22. The molecule has 2 aliphatic rings. The third-order valence-electron chi connectivity index (χ3n) is 6.64. The third-order valence-corrected chi connectivity index (χ3v) is 6.64. The first-order chi connectivity index (χ1) is 17.0. The lowest BCUT2D eigenvalue weighted by molar-refractivity contribution is -0.119. The average molecular weight is 481 g/mol. The molecule has 4 rings (SSSR count). The first-order valence-corrected chi connectivity index (χ1v) is 12.4. The summed E-state index contributed by atoms with van der Waals surface area (Å²) in [6, 6.07) is 15.8. The van der Waals surface area contributed by atoms with Gasteiger partial charge in [-0.15, -0.1) is 0 Å². The molecule has 188 valence electrons. The molecule has 2 aromatic rings. The molecule has 0 saturated carbocycles. The number of methoxy groups -OCH3 is 1. The summed E-state index contributed by atoms with van der Waals surface area (Å²) >= 11 is 0. The van der Waals surface area contributed by atoms with Crippen LogP contribution < -0.4 is 14.8 Å². The quantitative estimate of drug-likeness (QED) is 0.562. The minimum absolute atomic E-state index is 0.0700. The van der Waals surface area contributed by atoms with Crippen LogP contribution in [0, 0.1) is 0 Å². The molecule has 1 N–H and O–H groups in total. The van der Waals surface area contributed by atoms with Crippen LogP contribution in [-0.2, 0) is 11.3 Å². The van der Waals surface area contributed by atoms with Crippen LogP contribution in [0.25, 0.3) is 0 Å². The Bertz CT molecular complexity index is 989. The molecule has 8 heteroatoms. The number of carbonyl (C=O) groups excluding carboxylic acids is 2. The molecule has 2 aromatic carbocycles. The summed E-state index contributed by atoms with van der Waals surface area (Å²) in [6.07, 6.45) is 1.55. The molecule has 0 aromatic heterocycles. The van der Waals surface area contributed by atoms with Gasteiger partial charge in [-0.1, -0.05) is 12.1 Å². The molecule has 0 unspecified atom stereocenters. The van der Waals surface area contributed by atoms with Gasteiger partial charge in [-0.05, 0) is 55.4 Å². The number of nitrogens with zero attached hydrogens (tertiary/aromatic N) is 3. The van der Waals surface area contributed by atoms with Crippen molar-refractivity contribution in [1.29, 1.82) is 0 Å². The largest absolute Gasteiger partial charge is 0.497 e. The van der Waals surface area contributed by atoms with Gasteiger partial charge in [0.05, 0.1) is 7.11 Å². The van der Waals surface area contributed by atoms with Crippen molar-refractivity contribution in [2.75, 3.05) is 60.0 Å². The van der Waals surface area contributed by atoms with E-state index in [-0.39, 0.29) is 17.9 Å². The van der Waals surface area contributed by atoms with Gasteiger partial charge in [0.1, 0.15) is 18.1 Å². The highest BCUT2D eigenvalue weighted by Gasteiger charge is 2.23. The SMILES string of the molecule is COc1ccc(C(=O)N2CCN(CCOc3cccc(CN(C)C[C@H]4CCC(=O)N4)c3)CC2)cc1. The van der Waals surface area contributed by atoms with Crippen LogP contribution in [0.2, 0.25) is 0 Å². The van der Waals surface area contributed by atoms with Crippen LogP contribution in [0.15, 0.2) is 48.5 Å². The van der Waals surface area contributed by atoms with Gasteiger partial charge in [0, 0.05) is 63.8 Å². The monoisotopic (exact) mass is 480 g/mol. The highest BCUT2D eigenvalue weighted by atomic mass is 16.5. The summed E-state index contributed by atoms with van der Waals surface area (Å²) in [4.78, 5) is 30.6. The molecule has 35 heavy (non-hydrogen) atoms. The van der Waals surface area contributed by atoms with Crippen molar-refractivity contribution >= 4 is 11.8 Å². The zero-order valence-corrected chi connectivity index (χ0v) is 20.7. The number of piperazine rings is 1. The Morgan fingerprint density at radius 1 is 1.09 bits per heavy atom. The fourth-order valence-corrected chi connectivity index (χ4v) is 4.68. The number of rotatable bonds is 10. The zero-order chi connectivity index (χ0) is 24.6. The van der Waals surface area contributed by atoms with Gasteiger partial charge in [0.15, 0.2) is 0 Å².